The highest BCUT2D eigenvalue weighted by atomic mass is 16.5. The summed E-state index contributed by atoms with van der Waals surface area (Å²) < 4.78 is 8.12. The molecule has 4 fully saturated rings. The van der Waals surface area contributed by atoms with Crippen LogP contribution in [-0.2, 0) is 4.74 Å². The van der Waals surface area contributed by atoms with E-state index in [1.54, 1.807) is 0 Å². The monoisotopic (exact) mass is 436 g/mol. The SMILES string of the molecule is COC[C@]12CC[C@@](C)(O)C[C@@H]1CCC1[C@@H]3CC[C@H](c4cn5ccccc5n4)[C@@]3(C)CC[C@@H]12. The topological polar surface area (TPSA) is 46.8 Å². The molecule has 0 aliphatic heterocycles. The van der Waals surface area contributed by atoms with Gasteiger partial charge >= 0.3 is 0 Å². The lowest BCUT2D eigenvalue weighted by Crippen LogP contribution is -2.58. The highest BCUT2D eigenvalue weighted by Crippen LogP contribution is 2.69. The van der Waals surface area contributed by atoms with E-state index in [4.69, 9.17) is 9.72 Å². The van der Waals surface area contributed by atoms with Crippen molar-refractivity contribution in [1.29, 1.82) is 0 Å². The Morgan fingerprint density at radius 1 is 1.06 bits per heavy atom. The van der Waals surface area contributed by atoms with E-state index in [1.807, 2.05) is 7.11 Å². The zero-order chi connectivity index (χ0) is 22.1. The summed E-state index contributed by atoms with van der Waals surface area (Å²) in [5.41, 5.74) is 2.55. The van der Waals surface area contributed by atoms with Gasteiger partial charge in [-0.2, -0.15) is 0 Å². The van der Waals surface area contributed by atoms with Gasteiger partial charge in [0, 0.05) is 25.4 Å². The van der Waals surface area contributed by atoms with E-state index < -0.39 is 5.60 Å². The molecular formula is C28H40N2O2. The summed E-state index contributed by atoms with van der Waals surface area (Å²) in [6.07, 6.45) is 15.3. The third-order valence-corrected chi connectivity index (χ3v) is 10.8. The van der Waals surface area contributed by atoms with Crippen LogP contribution in [0.2, 0.25) is 0 Å². The molecule has 4 aliphatic rings. The molecule has 32 heavy (non-hydrogen) atoms. The Morgan fingerprint density at radius 2 is 1.94 bits per heavy atom. The predicted octanol–water partition coefficient (Wildman–Crippen LogP) is 5.84. The van der Waals surface area contributed by atoms with Crippen LogP contribution in [0.25, 0.3) is 5.65 Å². The molecule has 4 heteroatoms. The van der Waals surface area contributed by atoms with Crippen molar-refractivity contribution in [3.63, 3.8) is 0 Å². The molecule has 2 aromatic heterocycles. The van der Waals surface area contributed by atoms with Crippen LogP contribution < -0.4 is 0 Å². The largest absolute Gasteiger partial charge is 0.390 e. The molecule has 8 atom stereocenters. The molecule has 2 aromatic rings. The second kappa shape index (κ2) is 7.30. The number of pyridine rings is 1. The summed E-state index contributed by atoms with van der Waals surface area (Å²) in [4.78, 5) is 5.07. The number of methoxy groups -OCH3 is 1. The molecular weight excluding hydrogens is 396 g/mol. The van der Waals surface area contributed by atoms with Crippen LogP contribution >= 0.6 is 0 Å². The third-order valence-electron chi connectivity index (χ3n) is 10.8. The van der Waals surface area contributed by atoms with Gasteiger partial charge in [0.05, 0.1) is 17.9 Å². The molecule has 2 heterocycles. The van der Waals surface area contributed by atoms with Crippen molar-refractivity contribution in [3.05, 3.63) is 36.3 Å². The van der Waals surface area contributed by atoms with E-state index in [9.17, 15) is 5.11 Å². The maximum Gasteiger partial charge on any atom is 0.136 e. The van der Waals surface area contributed by atoms with Crippen molar-refractivity contribution in [3.8, 4) is 0 Å². The van der Waals surface area contributed by atoms with Gasteiger partial charge < -0.3 is 14.2 Å². The molecule has 1 N–H and O–H groups in total. The van der Waals surface area contributed by atoms with Crippen molar-refractivity contribution >= 4 is 5.65 Å². The fourth-order valence-corrected chi connectivity index (χ4v) is 9.39. The number of aliphatic hydroxyl groups is 1. The van der Waals surface area contributed by atoms with Crippen LogP contribution in [0.1, 0.15) is 83.2 Å². The number of hydrogen-bond donors (Lipinski definition) is 1. The molecule has 0 spiro atoms. The van der Waals surface area contributed by atoms with Gasteiger partial charge in [0.15, 0.2) is 0 Å². The number of imidazole rings is 1. The molecule has 0 saturated heterocycles. The van der Waals surface area contributed by atoms with Gasteiger partial charge in [0.1, 0.15) is 5.65 Å². The van der Waals surface area contributed by atoms with Crippen molar-refractivity contribution in [2.24, 2.45) is 34.5 Å². The van der Waals surface area contributed by atoms with Gasteiger partial charge in [-0.25, -0.2) is 4.98 Å². The summed E-state index contributed by atoms with van der Waals surface area (Å²) in [7, 11) is 1.89. The zero-order valence-corrected chi connectivity index (χ0v) is 20.1. The summed E-state index contributed by atoms with van der Waals surface area (Å²) in [6, 6.07) is 6.31. The summed E-state index contributed by atoms with van der Waals surface area (Å²) in [5, 5.41) is 10.9. The zero-order valence-electron chi connectivity index (χ0n) is 20.1. The Bertz CT molecular complexity index is 965. The van der Waals surface area contributed by atoms with Gasteiger partial charge in [-0.15, -0.1) is 0 Å². The minimum atomic E-state index is -0.487. The van der Waals surface area contributed by atoms with E-state index >= 15 is 0 Å². The standard InChI is InChI=1S/C28H40N2O2/c1-26(31)13-14-28(18-32-3)19(16-26)7-8-20-21-9-10-23(27(21,2)12-11-22(20)28)24-17-30-15-5-4-6-25(30)29-24/h4-6,15,17,19-23,31H,7-14,16,18H2,1-3H3/t19-,20?,21-,22-,23+,26+,27-,28+/m0/s1. The van der Waals surface area contributed by atoms with Crippen LogP contribution in [0.3, 0.4) is 0 Å². The third kappa shape index (κ3) is 2.98. The lowest BCUT2D eigenvalue weighted by Gasteiger charge is -2.62. The Labute approximate surface area is 192 Å². The first-order valence-electron chi connectivity index (χ1n) is 13.0. The molecule has 0 bridgehead atoms. The average Bonchev–Trinajstić information content (AvgIpc) is 3.34. The van der Waals surface area contributed by atoms with Crippen LogP contribution in [0.4, 0.5) is 0 Å². The first-order valence-corrected chi connectivity index (χ1v) is 13.0. The smallest absolute Gasteiger partial charge is 0.136 e. The van der Waals surface area contributed by atoms with Crippen molar-refractivity contribution < 1.29 is 9.84 Å². The van der Waals surface area contributed by atoms with E-state index in [2.05, 4.69) is 48.8 Å². The van der Waals surface area contributed by atoms with Gasteiger partial charge in [-0.3, -0.25) is 0 Å². The molecule has 4 aliphatic carbocycles. The number of ether oxygens (including phenoxy) is 1. The molecule has 4 saturated carbocycles. The van der Waals surface area contributed by atoms with Gasteiger partial charge in [-0.05, 0) is 111 Å². The fraction of sp³-hybridized carbons (Fsp3) is 0.750. The molecule has 0 aromatic carbocycles. The highest BCUT2D eigenvalue weighted by Gasteiger charge is 2.62. The quantitative estimate of drug-likeness (QED) is 0.658. The maximum absolute atomic E-state index is 10.9. The van der Waals surface area contributed by atoms with Crippen LogP contribution in [0.15, 0.2) is 30.6 Å². The lowest BCUT2D eigenvalue weighted by molar-refractivity contribution is -0.172. The predicted molar refractivity (Wildman–Crippen MR) is 126 cm³/mol. The van der Waals surface area contributed by atoms with E-state index in [1.165, 1.54) is 44.2 Å². The number of hydrogen-bond acceptors (Lipinski definition) is 3. The number of aromatic nitrogens is 2. The van der Waals surface area contributed by atoms with Crippen molar-refractivity contribution in [2.75, 3.05) is 13.7 Å². The Morgan fingerprint density at radius 3 is 2.75 bits per heavy atom. The molecule has 174 valence electrons. The summed E-state index contributed by atoms with van der Waals surface area (Å²) in [5.74, 6) is 3.57. The Hall–Kier alpha value is -1.39. The first kappa shape index (κ1) is 21.2. The molecule has 6 rings (SSSR count). The molecule has 1 unspecified atom stereocenters. The van der Waals surface area contributed by atoms with Crippen LogP contribution in [-0.4, -0.2) is 33.8 Å². The lowest BCUT2D eigenvalue weighted by atomic mass is 9.43. The number of fused-ring (bicyclic) bond motifs is 6. The van der Waals surface area contributed by atoms with Gasteiger partial charge in [0.2, 0.25) is 0 Å². The van der Waals surface area contributed by atoms with Crippen molar-refractivity contribution in [1.82, 2.24) is 9.38 Å². The van der Waals surface area contributed by atoms with Crippen LogP contribution in [0, 0.1) is 34.5 Å². The fourth-order valence-electron chi connectivity index (χ4n) is 9.39. The summed E-state index contributed by atoms with van der Waals surface area (Å²) >= 11 is 0. The van der Waals surface area contributed by atoms with E-state index in [0.29, 0.717) is 17.3 Å². The second-order valence-corrected chi connectivity index (χ2v) is 12.3. The van der Waals surface area contributed by atoms with Crippen molar-refractivity contribution in [2.45, 2.75) is 83.2 Å². The maximum atomic E-state index is 10.9. The Kier molecular flexibility index (Phi) is 4.83. The molecule has 0 radical (unpaired) electrons. The number of nitrogens with zero attached hydrogens (tertiary/aromatic N) is 2. The second-order valence-electron chi connectivity index (χ2n) is 12.3. The van der Waals surface area contributed by atoms with Gasteiger partial charge in [0.25, 0.3) is 0 Å². The average molecular weight is 437 g/mol. The first-order chi connectivity index (χ1) is 15.4. The minimum absolute atomic E-state index is 0.280. The Balaban J connectivity index is 1.31. The van der Waals surface area contributed by atoms with Crippen LogP contribution in [0.5, 0.6) is 0 Å². The van der Waals surface area contributed by atoms with Gasteiger partial charge in [-0.1, -0.05) is 13.0 Å². The highest BCUT2D eigenvalue weighted by molar-refractivity contribution is 5.41. The summed E-state index contributed by atoms with van der Waals surface area (Å²) in [6.45, 7) is 5.54. The van der Waals surface area contributed by atoms with E-state index in [-0.39, 0.29) is 5.41 Å². The number of rotatable bonds is 3. The minimum Gasteiger partial charge on any atom is -0.390 e. The van der Waals surface area contributed by atoms with E-state index in [0.717, 1.165) is 49.3 Å². The molecule has 4 nitrogen and oxygen atoms in total. The normalized spacial score (nSPS) is 45.9. The molecule has 0 amide bonds.